The van der Waals surface area contributed by atoms with E-state index in [9.17, 15) is 13.6 Å². The Morgan fingerprint density at radius 2 is 1.89 bits per heavy atom. The van der Waals surface area contributed by atoms with E-state index in [0.29, 0.717) is 12.0 Å². The van der Waals surface area contributed by atoms with Gasteiger partial charge in [0.2, 0.25) is 0 Å². The van der Waals surface area contributed by atoms with Crippen LogP contribution in [-0.4, -0.2) is 11.9 Å². The molecule has 1 aromatic rings. The standard InChI is InChI=1S/C13H18F2N2O/c1-7(2)4-8(3)17-13(18)9-5-12(16)11(15)6-10(9)14/h5-8H,4,16H2,1-3H3,(H,17,18). The molecular weight excluding hydrogens is 238 g/mol. The molecular formula is C13H18F2N2O. The molecule has 1 aromatic carbocycles. The zero-order chi connectivity index (χ0) is 13.9. The van der Waals surface area contributed by atoms with Crippen molar-refractivity contribution in [3.8, 4) is 0 Å². The topological polar surface area (TPSA) is 55.1 Å². The second-order valence-electron chi connectivity index (χ2n) is 4.86. The van der Waals surface area contributed by atoms with Crippen LogP contribution in [0.2, 0.25) is 0 Å². The summed E-state index contributed by atoms with van der Waals surface area (Å²) >= 11 is 0. The van der Waals surface area contributed by atoms with E-state index < -0.39 is 17.5 Å². The van der Waals surface area contributed by atoms with Crippen molar-refractivity contribution in [2.45, 2.75) is 33.2 Å². The van der Waals surface area contributed by atoms with E-state index in [4.69, 9.17) is 5.73 Å². The van der Waals surface area contributed by atoms with Gasteiger partial charge in [0.1, 0.15) is 11.6 Å². The Labute approximate surface area is 105 Å². The molecule has 1 amide bonds. The zero-order valence-corrected chi connectivity index (χ0v) is 10.8. The van der Waals surface area contributed by atoms with E-state index in [1.54, 1.807) is 0 Å². The Balaban J connectivity index is 2.82. The minimum absolute atomic E-state index is 0.0804. The van der Waals surface area contributed by atoms with Crippen LogP contribution in [0.5, 0.6) is 0 Å². The summed E-state index contributed by atoms with van der Waals surface area (Å²) in [5.41, 5.74) is 4.85. The highest BCUT2D eigenvalue weighted by Crippen LogP contribution is 2.17. The highest BCUT2D eigenvalue weighted by Gasteiger charge is 2.17. The third-order valence-electron chi connectivity index (χ3n) is 2.53. The number of nitrogens with one attached hydrogen (secondary N) is 1. The average Bonchev–Trinajstić information content (AvgIpc) is 2.21. The number of benzene rings is 1. The van der Waals surface area contributed by atoms with E-state index in [2.05, 4.69) is 5.32 Å². The second kappa shape index (κ2) is 5.80. The van der Waals surface area contributed by atoms with Gasteiger partial charge in [-0.05, 0) is 25.3 Å². The van der Waals surface area contributed by atoms with Crippen molar-refractivity contribution in [1.82, 2.24) is 5.32 Å². The predicted octanol–water partition coefficient (Wildman–Crippen LogP) is 2.71. The van der Waals surface area contributed by atoms with Gasteiger partial charge in [-0.3, -0.25) is 4.79 Å². The third-order valence-corrected chi connectivity index (χ3v) is 2.53. The molecule has 0 heterocycles. The molecule has 0 bridgehead atoms. The molecule has 0 radical (unpaired) electrons. The molecule has 1 rings (SSSR count). The Bertz CT molecular complexity index is 447. The van der Waals surface area contributed by atoms with Crippen molar-refractivity contribution >= 4 is 11.6 Å². The lowest BCUT2D eigenvalue weighted by Gasteiger charge is -2.16. The molecule has 0 saturated heterocycles. The van der Waals surface area contributed by atoms with Gasteiger partial charge >= 0.3 is 0 Å². The SMILES string of the molecule is CC(C)CC(C)NC(=O)c1cc(N)c(F)cc1F. The highest BCUT2D eigenvalue weighted by atomic mass is 19.1. The molecule has 1 atom stereocenters. The second-order valence-corrected chi connectivity index (χ2v) is 4.86. The first-order valence-corrected chi connectivity index (χ1v) is 5.86. The molecule has 0 aromatic heterocycles. The van der Waals surface area contributed by atoms with Crippen molar-refractivity contribution in [2.75, 3.05) is 5.73 Å². The van der Waals surface area contributed by atoms with Crippen molar-refractivity contribution in [2.24, 2.45) is 5.92 Å². The molecule has 0 aliphatic heterocycles. The van der Waals surface area contributed by atoms with Gasteiger partial charge in [-0.25, -0.2) is 8.78 Å². The van der Waals surface area contributed by atoms with Crippen molar-refractivity contribution in [1.29, 1.82) is 0 Å². The number of carbonyl (C=O) groups is 1. The van der Waals surface area contributed by atoms with Crippen LogP contribution in [0.15, 0.2) is 12.1 Å². The van der Waals surface area contributed by atoms with Crippen LogP contribution >= 0.6 is 0 Å². The summed E-state index contributed by atoms with van der Waals surface area (Å²) in [7, 11) is 0. The van der Waals surface area contributed by atoms with Crippen LogP contribution in [0.25, 0.3) is 0 Å². The largest absolute Gasteiger partial charge is 0.396 e. The first-order valence-electron chi connectivity index (χ1n) is 5.86. The maximum absolute atomic E-state index is 13.4. The Kier molecular flexibility index (Phi) is 4.64. The molecule has 3 N–H and O–H groups in total. The summed E-state index contributed by atoms with van der Waals surface area (Å²) in [5, 5.41) is 2.66. The third kappa shape index (κ3) is 3.68. The number of carbonyl (C=O) groups excluding carboxylic acids is 1. The number of anilines is 1. The van der Waals surface area contributed by atoms with Gasteiger partial charge in [-0.2, -0.15) is 0 Å². The molecule has 0 spiro atoms. The fourth-order valence-electron chi connectivity index (χ4n) is 1.81. The lowest BCUT2D eigenvalue weighted by atomic mass is 10.0. The minimum atomic E-state index is -0.907. The van der Waals surface area contributed by atoms with Crippen LogP contribution in [0.1, 0.15) is 37.6 Å². The summed E-state index contributed by atoms with van der Waals surface area (Å²) in [6.45, 7) is 5.89. The smallest absolute Gasteiger partial charge is 0.254 e. The van der Waals surface area contributed by atoms with Crippen LogP contribution in [-0.2, 0) is 0 Å². The van der Waals surface area contributed by atoms with Crippen molar-refractivity contribution < 1.29 is 13.6 Å². The Hall–Kier alpha value is -1.65. The quantitative estimate of drug-likeness (QED) is 0.814. The summed E-state index contributed by atoms with van der Waals surface area (Å²) in [4.78, 5) is 11.8. The number of halogens is 2. The number of hydrogen-bond donors (Lipinski definition) is 2. The normalized spacial score (nSPS) is 12.6. The molecule has 0 aliphatic carbocycles. The Morgan fingerprint density at radius 1 is 1.28 bits per heavy atom. The number of nitrogen functional groups attached to an aromatic ring is 1. The van der Waals surface area contributed by atoms with Gasteiger partial charge in [-0.1, -0.05) is 13.8 Å². The maximum atomic E-state index is 13.4. The first-order chi connectivity index (χ1) is 8.31. The Morgan fingerprint density at radius 3 is 2.44 bits per heavy atom. The van der Waals surface area contributed by atoms with Gasteiger partial charge < -0.3 is 11.1 Å². The average molecular weight is 256 g/mol. The number of amides is 1. The van der Waals surface area contributed by atoms with Crippen LogP contribution in [0, 0.1) is 17.6 Å². The summed E-state index contributed by atoms with van der Waals surface area (Å²) < 4.78 is 26.4. The fraction of sp³-hybridized carbons (Fsp3) is 0.462. The summed E-state index contributed by atoms with van der Waals surface area (Å²) in [6, 6.07) is 1.56. The predicted molar refractivity (Wildman–Crippen MR) is 67.2 cm³/mol. The van der Waals surface area contributed by atoms with Gasteiger partial charge in [-0.15, -0.1) is 0 Å². The summed E-state index contributed by atoms with van der Waals surface area (Å²) in [6.07, 6.45) is 0.782. The number of nitrogens with two attached hydrogens (primary N) is 1. The zero-order valence-electron chi connectivity index (χ0n) is 10.8. The number of hydrogen-bond acceptors (Lipinski definition) is 2. The van der Waals surface area contributed by atoms with Crippen molar-refractivity contribution in [3.63, 3.8) is 0 Å². The lowest BCUT2D eigenvalue weighted by Crippen LogP contribution is -2.34. The van der Waals surface area contributed by atoms with E-state index in [1.807, 2.05) is 20.8 Å². The van der Waals surface area contributed by atoms with E-state index in [0.717, 1.165) is 12.5 Å². The van der Waals surface area contributed by atoms with Gasteiger partial charge in [0, 0.05) is 12.1 Å². The first kappa shape index (κ1) is 14.4. The highest BCUT2D eigenvalue weighted by molar-refractivity contribution is 5.95. The molecule has 0 fully saturated rings. The van der Waals surface area contributed by atoms with Gasteiger partial charge in [0.05, 0.1) is 11.3 Å². The lowest BCUT2D eigenvalue weighted by molar-refractivity contribution is 0.0932. The molecule has 1 unspecified atom stereocenters. The molecule has 100 valence electrons. The minimum Gasteiger partial charge on any atom is -0.396 e. The molecule has 0 aliphatic rings. The molecule has 5 heteroatoms. The summed E-state index contributed by atoms with van der Waals surface area (Å²) in [5.74, 6) is -1.92. The number of rotatable bonds is 4. The van der Waals surface area contributed by atoms with E-state index >= 15 is 0 Å². The molecule has 3 nitrogen and oxygen atoms in total. The van der Waals surface area contributed by atoms with Gasteiger partial charge in [0.25, 0.3) is 5.91 Å². The monoisotopic (exact) mass is 256 g/mol. The van der Waals surface area contributed by atoms with E-state index in [-0.39, 0.29) is 17.3 Å². The van der Waals surface area contributed by atoms with Crippen LogP contribution in [0.3, 0.4) is 0 Å². The van der Waals surface area contributed by atoms with Gasteiger partial charge in [0.15, 0.2) is 0 Å². The van der Waals surface area contributed by atoms with E-state index in [1.165, 1.54) is 0 Å². The van der Waals surface area contributed by atoms with Crippen molar-refractivity contribution in [3.05, 3.63) is 29.3 Å². The maximum Gasteiger partial charge on any atom is 0.254 e. The van der Waals surface area contributed by atoms with Crippen LogP contribution in [0.4, 0.5) is 14.5 Å². The fourth-order valence-corrected chi connectivity index (χ4v) is 1.81. The molecule has 0 saturated carbocycles. The molecule has 18 heavy (non-hydrogen) atoms. The van der Waals surface area contributed by atoms with Crippen LogP contribution < -0.4 is 11.1 Å².